The van der Waals surface area contributed by atoms with Crippen molar-refractivity contribution in [3.63, 3.8) is 0 Å². The number of rotatable bonds is 9. The first kappa shape index (κ1) is 17.3. The predicted octanol–water partition coefficient (Wildman–Crippen LogP) is 1.45. The third-order valence-electron chi connectivity index (χ3n) is 2.68. The number of alkyl halides is 2. The van der Waals surface area contributed by atoms with Crippen LogP contribution < -0.4 is 15.4 Å². The molecule has 0 heterocycles. The zero-order valence-corrected chi connectivity index (χ0v) is 12.1. The van der Waals surface area contributed by atoms with E-state index in [0.717, 1.165) is 5.56 Å². The Balaban J connectivity index is 2.49. The molecule has 0 atom stereocenters. The van der Waals surface area contributed by atoms with Crippen LogP contribution in [0.15, 0.2) is 18.2 Å². The minimum atomic E-state index is -2.89. The van der Waals surface area contributed by atoms with Crippen molar-refractivity contribution in [2.75, 3.05) is 26.8 Å². The van der Waals surface area contributed by atoms with Gasteiger partial charge in [-0.05, 0) is 13.0 Å². The molecular formula is C14H20F2N2O3. The number of halogens is 2. The molecule has 1 aromatic rings. The lowest BCUT2D eigenvalue weighted by atomic mass is 10.1. The maximum Gasteiger partial charge on any atom is 0.387 e. The highest BCUT2D eigenvalue weighted by atomic mass is 19.3. The van der Waals surface area contributed by atoms with Gasteiger partial charge in [0.05, 0.1) is 13.2 Å². The van der Waals surface area contributed by atoms with Crippen molar-refractivity contribution in [3.05, 3.63) is 29.3 Å². The Hall–Kier alpha value is -1.73. The van der Waals surface area contributed by atoms with Crippen LogP contribution in [0.2, 0.25) is 0 Å². The summed E-state index contributed by atoms with van der Waals surface area (Å²) in [5, 5.41) is 5.54. The third-order valence-corrected chi connectivity index (χ3v) is 2.68. The van der Waals surface area contributed by atoms with Crippen LogP contribution in [0.5, 0.6) is 5.75 Å². The zero-order chi connectivity index (χ0) is 15.7. The van der Waals surface area contributed by atoms with Crippen molar-refractivity contribution in [1.82, 2.24) is 10.6 Å². The van der Waals surface area contributed by atoms with E-state index < -0.39 is 6.61 Å². The van der Waals surface area contributed by atoms with E-state index >= 15 is 0 Å². The number of hydrogen-bond donors (Lipinski definition) is 2. The van der Waals surface area contributed by atoms with E-state index in [1.807, 2.05) is 6.92 Å². The number of benzene rings is 1. The Morgan fingerprint density at radius 3 is 2.81 bits per heavy atom. The fourth-order valence-electron chi connectivity index (χ4n) is 1.69. The molecule has 5 nitrogen and oxygen atoms in total. The summed E-state index contributed by atoms with van der Waals surface area (Å²) in [6.07, 6.45) is 0. The number of carbonyl (C=O) groups excluding carboxylic acids is 1. The molecule has 0 saturated carbocycles. The summed E-state index contributed by atoms with van der Waals surface area (Å²) in [5.41, 5.74) is 1.42. The van der Waals surface area contributed by atoms with E-state index in [1.165, 1.54) is 6.07 Å². The maximum absolute atomic E-state index is 12.3. The fourth-order valence-corrected chi connectivity index (χ4v) is 1.69. The Morgan fingerprint density at radius 2 is 2.14 bits per heavy atom. The summed E-state index contributed by atoms with van der Waals surface area (Å²) >= 11 is 0. The van der Waals surface area contributed by atoms with Crippen LogP contribution in [-0.2, 0) is 16.1 Å². The number of carbonyl (C=O) groups is 1. The molecule has 0 aliphatic carbocycles. The van der Waals surface area contributed by atoms with Gasteiger partial charge in [0, 0.05) is 25.8 Å². The van der Waals surface area contributed by atoms with Gasteiger partial charge < -0.3 is 20.1 Å². The average molecular weight is 302 g/mol. The first-order valence-corrected chi connectivity index (χ1v) is 6.53. The molecule has 0 aromatic heterocycles. The number of aryl methyl sites for hydroxylation is 1. The van der Waals surface area contributed by atoms with Gasteiger partial charge in [0.2, 0.25) is 5.91 Å². The summed E-state index contributed by atoms with van der Waals surface area (Å²) in [7, 11) is 1.57. The summed E-state index contributed by atoms with van der Waals surface area (Å²) in [5.74, 6) is -0.154. The van der Waals surface area contributed by atoms with E-state index in [4.69, 9.17) is 4.74 Å². The quantitative estimate of drug-likeness (QED) is 0.678. The van der Waals surface area contributed by atoms with Crippen molar-refractivity contribution in [3.8, 4) is 5.75 Å². The Morgan fingerprint density at radius 1 is 1.38 bits per heavy atom. The zero-order valence-electron chi connectivity index (χ0n) is 12.1. The van der Waals surface area contributed by atoms with Gasteiger partial charge in [-0.3, -0.25) is 4.79 Å². The lowest BCUT2D eigenvalue weighted by Crippen LogP contribution is -2.34. The van der Waals surface area contributed by atoms with E-state index in [2.05, 4.69) is 15.4 Å². The molecule has 7 heteroatoms. The smallest absolute Gasteiger partial charge is 0.387 e. The Kier molecular flexibility index (Phi) is 7.63. The minimum absolute atomic E-state index is 0.0724. The highest BCUT2D eigenvalue weighted by Gasteiger charge is 2.10. The molecule has 0 aliphatic heterocycles. The van der Waals surface area contributed by atoms with Crippen molar-refractivity contribution in [2.45, 2.75) is 20.1 Å². The van der Waals surface area contributed by atoms with Crippen LogP contribution in [0.4, 0.5) is 8.78 Å². The average Bonchev–Trinajstić information content (AvgIpc) is 2.43. The van der Waals surface area contributed by atoms with Gasteiger partial charge in [0.25, 0.3) is 0 Å². The molecule has 0 fully saturated rings. The van der Waals surface area contributed by atoms with Crippen molar-refractivity contribution in [2.24, 2.45) is 0 Å². The largest absolute Gasteiger partial charge is 0.434 e. The first-order valence-electron chi connectivity index (χ1n) is 6.53. The molecule has 0 unspecified atom stereocenters. The molecule has 2 N–H and O–H groups in total. The second kappa shape index (κ2) is 9.25. The molecule has 1 aromatic carbocycles. The molecule has 0 bridgehead atoms. The molecule has 0 radical (unpaired) electrons. The van der Waals surface area contributed by atoms with E-state index in [9.17, 15) is 13.6 Å². The molecule has 1 amide bonds. The van der Waals surface area contributed by atoms with Crippen LogP contribution in [0.25, 0.3) is 0 Å². The summed E-state index contributed by atoms with van der Waals surface area (Å²) < 4.78 is 33.9. The standard InChI is InChI=1S/C14H20F2N2O3/c1-10-3-4-12(21-14(15)16)11(7-10)8-18-13(19)9-17-5-6-20-2/h3-4,7,14,17H,5-6,8-9H2,1-2H3,(H,18,19). The van der Waals surface area contributed by atoms with Gasteiger partial charge in [-0.15, -0.1) is 0 Å². The lowest BCUT2D eigenvalue weighted by molar-refractivity contribution is -0.120. The van der Waals surface area contributed by atoms with Gasteiger partial charge in [0.15, 0.2) is 0 Å². The predicted molar refractivity (Wildman–Crippen MR) is 74.4 cm³/mol. The summed E-state index contributed by atoms with van der Waals surface area (Å²) in [6.45, 7) is 0.294. The molecule has 0 aliphatic rings. The second-order valence-electron chi connectivity index (χ2n) is 4.44. The number of amides is 1. The number of ether oxygens (including phenoxy) is 2. The normalized spacial score (nSPS) is 10.7. The van der Waals surface area contributed by atoms with Crippen molar-refractivity contribution >= 4 is 5.91 Å². The van der Waals surface area contributed by atoms with Crippen molar-refractivity contribution in [1.29, 1.82) is 0 Å². The Labute approximate surface area is 122 Å². The van der Waals surface area contributed by atoms with Gasteiger partial charge in [-0.1, -0.05) is 17.7 Å². The van der Waals surface area contributed by atoms with Gasteiger partial charge in [0.1, 0.15) is 5.75 Å². The Bertz CT molecular complexity index is 456. The first-order chi connectivity index (χ1) is 10.0. The SMILES string of the molecule is COCCNCC(=O)NCc1cc(C)ccc1OC(F)F. The fraction of sp³-hybridized carbons (Fsp3) is 0.500. The number of methoxy groups -OCH3 is 1. The van der Waals surface area contributed by atoms with Gasteiger partial charge in [-0.2, -0.15) is 8.78 Å². The topological polar surface area (TPSA) is 59.6 Å². The van der Waals surface area contributed by atoms with E-state index in [0.29, 0.717) is 18.7 Å². The summed E-state index contributed by atoms with van der Waals surface area (Å²) in [4.78, 5) is 11.6. The third kappa shape index (κ3) is 7.01. The highest BCUT2D eigenvalue weighted by molar-refractivity contribution is 5.78. The maximum atomic E-state index is 12.3. The van der Waals surface area contributed by atoms with Crippen LogP contribution in [0.3, 0.4) is 0 Å². The number of hydrogen-bond acceptors (Lipinski definition) is 4. The molecule has 1 rings (SSSR count). The number of nitrogens with one attached hydrogen (secondary N) is 2. The van der Waals surface area contributed by atoms with E-state index in [-0.39, 0.29) is 24.7 Å². The van der Waals surface area contributed by atoms with Crippen LogP contribution in [0, 0.1) is 6.92 Å². The molecule has 0 spiro atoms. The molecule has 118 valence electrons. The van der Waals surface area contributed by atoms with Gasteiger partial charge >= 0.3 is 6.61 Å². The highest BCUT2D eigenvalue weighted by Crippen LogP contribution is 2.21. The van der Waals surface area contributed by atoms with Crippen LogP contribution >= 0.6 is 0 Å². The van der Waals surface area contributed by atoms with Gasteiger partial charge in [-0.25, -0.2) is 0 Å². The lowest BCUT2D eigenvalue weighted by Gasteiger charge is -2.12. The second-order valence-corrected chi connectivity index (χ2v) is 4.44. The molecule has 21 heavy (non-hydrogen) atoms. The monoisotopic (exact) mass is 302 g/mol. The van der Waals surface area contributed by atoms with Crippen molar-refractivity contribution < 1.29 is 23.0 Å². The molecule has 0 saturated heterocycles. The summed E-state index contributed by atoms with van der Waals surface area (Å²) in [6, 6.07) is 4.85. The van der Waals surface area contributed by atoms with Crippen LogP contribution in [0.1, 0.15) is 11.1 Å². The minimum Gasteiger partial charge on any atom is -0.434 e. The van der Waals surface area contributed by atoms with E-state index in [1.54, 1.807) is 19.2 Å². The molecular weight excluding hydrogens is 282 g/mol. The van der Waals surface area contributed by atoms with Crippen LogP contribution in [-0.4, -0.2) is 39.3 Å².